The fourth-order valence-corrected chi connectivity index (χ4v) is 2.19. The second kappa shape index (κ2) is 6.25. The van der Waals surface area contributed by atoms with Crippen LogP contribution in [0.15, 0.2) is 29.4 Å². The molecule has 0 bridgehead atoms. The number of rotatable bonds is 3. The van der Waals surface area contributed by atoms with Crippen LogP contribution in [0.25, 0.3) is 0 Å². The summed E-state index contributed by atoms with van der Waals surface area (Å²) >= 11 is 0. The van der Waals surface area contributed by atoms with Gasteiger partial charge in [-0.25, -0.2) is 0 Å². The van der Waals surface area contributed by atoms with Crippen molar-refractivity contribution in [3.63, 3.8) is 0 Å². The zero-order valence-electron chi connectivity index (χ0n) is 11.1. The Bertz CT molecular complexity index is 510. The minimum atomic E-state index is -0.174. The number of piperazine rings is 1. The van der Waals surface area contributed by atoms with E-state index in [0.29, 0.717) is 38.3 Å². The molecule has 1 amide bonds. The lowest BCUT2D eigenvalue weighted by Gasteiger charge is -2.34. The number of amides is 1. The van der Waals surface area contributed by atoms with Crippen molar-refractivity contribution in [1.29, 1.82) is 0 Å². The molecule has 1 aromatic rings. The summed E-state index contributed by atoms with van der Waals surface area (Å²) < 4.78 is 0. The van der Waals surface area contributed by atoms with Crippen LogP contribution in [-0.2, 0) is 0 Å². The number of amidine groups is 1. The number of benzene rings is 1. The third-order valence-electron chi connectivity index (χ3n) is 3.31. The predicted molar refractivity (Wildman–Crippen MR) is 73.9 cm³/mol. The molecule has 2 rings (SSSR count). The summed E-state index contributed by atoms with van der Waals surface area (Å²) in [7, 11) is 0. The number of nitrogens with zero attached hydrogens (tertiary/aromatic N) is 3. The molecule has 1 aliphatic heterocycles. The van der Waals surface area contributed by atoms with Gasteiger partial charge in [0.25, 0.3) is 5.91 Å². The number of para-hydroxylation sites is 1. The third-order valence-corrected chi connectivity index (χ3v) is 3.31. The molecule has 0 aliphatic carbocycles. The molecule has 1 saturated heterocycles. The molecule has 0 radical (unpaired) electrons. The molecule has 1 fully saturated rings. The fourth-order valence-electron chi connectivity index (χ4n) is 2.19. The molecule has 1 aromatic carbocycles. The molecule has 0 atom stereocenters. The Balaban J connectivity index is 1.94. The van der Waals surface area contributed by atoms with Gasteiger partial charge >= 0.3 is 0 Å². The van der Waals surface area contributed by atoms with E-state index in [4.69, 9.17) is 10.9 Å². The van der Waals surface area contributed by atoms with Gasteiger partial charge in [0, 0.05) is 26.2 Å². The fraction of sp³-hybridized carbons (Fsp3) is 0.385. The van der Waals surface area contributed by atoms with E-state index in [9.17, 15) is 9.90 Å². The van der Waals surface area contributed by atoms with Gasteiger partial charge in [0.05, 0.1) is 12.1 Å². The Morgan fingerprint density at radius 1 is 1.25 bits per heavy atom. The Morgan fingerprint density at radius 2 is 1.90 bits per heavy atom. The lowest BCUT2D eigenvalue weighted by Crippen LogP contribution is -2.50. The summed E-state index contributed by atoms with van der Waals surface area (Å²) in [5, 5.41) is 21.2. The Labute approximate surface area is 116 Å². The van der Waals surface area contributed by atoms with Crippen LogP contribution in [0.4, 0.5) is 0 Å². The van der Waals surface area contributed by atoms with Gasteiger partial charge < -0.3 is 20.9 Å². The summed E-state index contributed by atoms with van der Waals surface area (Å²) in [6, 6.07) is 6.52. The van der Waals surface area contributed by atoms with Crippen LogP contribution in [-0.4, -0.2) is 64.6 Å². The molecule has 1 heterocycles. The highest BCUT2D eigenvalue weighted by atomic mass is 16.4. The number of phenols is 1. The van der Waals surface area contributed by atoms with Crippen molar-refractivity contribution in [3.8, 4) is 5.75 Å². The van der Waals surface area contributed by atoms with Crippen LogP contribution in [0.3, 0.4) is 0 Å². The summed E-state index contributed by atoms with van der Waals surface area (Å²) in [6.07, 6.45) is 0. The first-order valence-corrected chi connectivity index (χ1v) is 6.38. The van der Waals surface area contributed by atoms with E-state index in [-0.39, 0.29) is 17.5 Å². The first-order chi connectivity index (χ1) is 9.61. The van der Waals surface area contributed by atoms with E-state index in [0.717, 1.165) is 0 Å². The number of phenolic OH excluding ortho intramolecular Hbond substituents is 1. The van der Waals surface area contributed by atoms with Gasteiger partial charge in [-0.15, -0.1) is 0 Å². The maximum Gasteiger partial charge on any atom is 0.257 e. The van der Waals surface area contributed by atoms with Crippen LogP contribution < -0.4 is 5.73 Å². The zero-order chi connectivity index (χ0) is 14.5. The molecule has 20 heavy (non-hydrogen) atoms. The van der Waals surface area contributed by atoms with E-state index >= 15 is 0 Å². The Kier molecular flexibility index (Phi) is 4.41. The first-order valence-electron chi connectivity index (χ1n) is 6.38. The van der Waals surface area contributed by atoms with Crippen LogP contribution in [0.5, 0.6) is 5.75 Å². The number of carbonyl (C=O) groups is 1. The first kappa shape index (κ1) is 14.1. The van der Waals surface area contributed by atoms with Crippen molar-refractivity contribution in [2.45, 2.75) is 0 Å². The molecule has 0 unspecified atom stereocenters. The minimum absolute atomic E-state index is 0.00316. The maximum atomic E-state index is 12.3. The van der Waals surface area contributed by atoms with Gasteiger partial charge in [-0.1, -0.05) is 17.3 Å². The number of hydrogen-bond donors (Lipinski definition) is 3. The molecule has 7 nitrogen and oxygen atoms in total. The van der Waals surface area contributed by atoms with E-state index in [2.05, 4.69) is 5.16 Å². The molecule has 4 N–H and O–H groups in total. The second-order valence-electron chi connectivity index (χ2n) is 4.68. The third kappa shape index (κ3) is 3.18. The second-order valence-corrected chi connectivity index (χ2v) is 4.68. The lowest BCUT2D eigenvalue weighted by atomic mass is 10.1. The standard InChI is InChI=1S/C13H18N4O3/c14-12(15-20)9-16-5-7-17(8-6-16)13(19)10-3-1-2-4-11(10)18/h1-4,18,20H,5-9H2,(H2,14,15). The van der Waals surface area contributed by atoms with Gasteiger partial charge in [0.2, 0.25) is 0 Å². The van der Waals surface area contributed by atoms with Crippen molar-refractivity contribution in [2.75, 3.05) is 32.7 Å². The SMILES string of the molecule is NC(CN1CCN(C(=O)c2ccccc2O)CC1)=NO. The molecular formula is C13H18N4O3. The van der Waals surface area contributed by atoms with Crippen molar-refractivity contribution in [1.82, 2.24) is 9.80 Å². The van der Waals surface area contributed by atoms with Crippen molar-refractivity contribution in [2.24, 2.45) is 10.9 Å². The average Bonchev–Trinajstić information content (AvgIpc) is 2.47. The van der Waals surface area contributed by atoms with E-state index in [1.807, 2.05) is 4.90 Å². The summed E-state index contributed by atoms with van der Waals surface area (Å²) in [6.45, 7) is 2.78. The quantitative estimate of drug-likeness (QED) is 0.310. The monoisotopic (exact) mass is 278 g/mol. The topological polar surface area (TPSA) is 102 Å². The summed E-state index contributed by atoms with van der Waals surface area (Å²) in [5.41, 5.74) is 5.77. The van der Waals surface area contributed by atoms with E-state index in [1.165, 1.54) is 6.07 Å². The van der Waals surface area contributed by atoms with Gasteiger partial charge in [-0.3, -0.25) is 9.69 Å². The highest BCUT2D eigenvalue weighted by Gasteiger charge is 2.23. The summed E-state index contributed by atoms with van der Waals surface area (Å²) in [5.74, 6) is -0.0198. The molecule has 7 heteroatoms. The van der Waals surface area contributed by atoms with Crippen LogP contribution in [0.2, 0.25) is 0 Å². The lowest BCUT2D eigenvalue weighted by molar-refractivity contribution is 0.0650. The van der Waals surface area contributed by atoms with Crippen LogP contribution >= 0.6 is 0 Å². The number of aromatic hydroxyl groups is 1. The largest absolute Gasteiger partial charge is 0.507 e. The molecular weight excluding hydrogens is 260 g/mol. The molecule has 0 aromatic heterocycles. The van der Waals surface area contributed by atoms with Crippen LogP contribution in [0.1, 0.15) is 10.4 Å². The van der Waals surface area contributed by atoms with Gasteiger partial charge in [0.1, 0.15) is 5.75 Å². The molecule has 0 spiro atoms. The molecule has 108 valence electrons. The number of nitrogens with two attached hydrogens (primary N) is 1. The van der Waals surface area contributed by atoms with Crippen molar-refractivity contribution < 1.29 is 15.1 Å². The number of carbonyl (C=O) groups excluding carboxylic acids is 1. The van der Waals surface area contributed by atoms with E-state index in [1.54, 1.807) is 23.1 Å². The molecule has 1 aliphatic rings. The average molecular weight is 278 g/mol. The Morgan fingerprint density at radius 3 is 2.50 bits per heavy atom. The highest BCUT2D eigenvalue weighted by Crippen LogP contribution is 2.18. The predicted octanol–water partition coefficient (Wildman–Crippen LogP) is -0.104. The maximum absolute atomic E-state index is 12.3. The highest BCUT2D eigenvalue weighted by molar-refractivity contribution is 5.96. The molecule has 0 saturated carbocycles. The van der Waals surface area contributed by atoms with Gasteiger partial charge in [-0.05, 0) is 12.1 Å². The Hall–Kier alpha value is -2.28. The van der Waals surface area contributed by atoms with Crippen molar-refractivity contribution >= 4 is 11.7 Å². The minimum Gasteiger partial charge on any atom is -0.507 e. The number of hydrogen-bond acceptors (Lipinski definition) is 5. The normalized spacial score (nSPS) is 17.2. The van der Waals surface area contributed by atoms with Crippen LogP contribution in [0, 0.1) is 0 Å². The van der Waals surface area contributed by atoms with Gasteiger partial charge in [0.15, 0.2) is 5.84 Å². The van der Waals surface area contributed by atoms with Crippen molar-refractivity contribution in [3.05, 3.63) is 29.8 Å². The summed E-state index contributed by atoms with van der Waals surface area (Å²) in [4.78, 5) is 16.0. The van der Waals surface area contributed by atoms with E-state index < -0.39 is 0 Å². The zero-order valence-corrected chi connectivity index (χ0v) is 11.1. The van der Waals surface area contributed by atoms with Gasteiger partial charge in [-0.2, -0.15) is 0 Å². The smallest absolute Gasteiger partial charge is 0.257 e. The number of oxime groups is 1.